The molecule has 0 radical (unpaired) electrons. The van der Waals surface area contributed by atoms with Crippen LogP contribution >= 0.6 is 0 Å². The van der Waals surface area contributed by atoms with Gasteiger partial charge in [-0.2, -0.15) is 5.48 Å². The average molecular weight is 146 g/mol. The van der Waals surface area contributed by atoms with E-state index in [2.05, 4.69) is 10.4 Å². The first-order valence-electron chi connectivity index (χ1n) is 3.52. The van der Waals surface area contributed by atoms with Crippen molar-refractivity contribution >= 4 is 0 Å². The van der Waals surface area contributed by atoms with Crippen molar-refractivity contribution in [3.63, 3.8) is 0 Å². The summed E-state index contributed by atoms with van der Waals surface area (Å²) < 4.78 is 0. The van der Waals surface area contributed by atoms with Gasteiger partial charge in [0.2, 0.25) is 0 Å². The molecule has 0 amide bonds. The molecule has 1 aliphatic heterocycles. The summed E-state index contributed by atoms with van der Waals surface area (Å²) in [5.41, 5.74) is 2.18. The Kier molecular flexibility index (Phi) is 2.62. The summed E-state index contributed by atoms with van der Waals surface area (Å²) in [6.45, 7) is 4.14. The molecule has 0 bridgehead atoms. The molecule has 0 aliphatic carbocycles. The molecular formula is C6H14N2O2. The average Bonchev–Trinajstić information content (AvgIpc) is 1.76. The largest absolute Gasteiger partial charge is 0.392 e. The molecule has 1 atom stereocenters. The van der Waals surface area contributed by atoms with Crippen LogP contribution in [-0.4, -0.2) is 47.0 Å². The number of rotatable bonds is 3. The quantitative estimate of drug-likeness (QED) is 0.448. The van der Waals surface area contributed by atoms with Crippen molar-refractivity contribution < 1.29 is 10.3 Å². The minimum Gasteiger partial charge on any atom is -0.392 e. The van der Waals surface area contributed by atoms with Crippen LogP contribution in [-0.2, 0) is 0 Å². The summed E-state index contributed by atoms with van der Waals surface area (Å²) in [4.78, 5) is 2.08. The van der Waals surface area contributed by atoms with Gasteiger partial charge in [-0.3, -0.25) is 4.90 Å². The number of hydroxylamine groups is 1. The van der Waals surface area contributed by atoms with Crippen LogP contribution in [0.5, 0.6) is 0 Å². The Bertz CT molecular complexity index is 102. The van der Waals surface area contributed by atoms with Gasteiger partial charge in [-0.1, -0.05) is 0 Å². The maximum atomic E-state index is 8.92. The molecule has 1 heterocycles. The Morgan fingerprint density at radius 1 is 1.70 bits per heavy atom. The molecule has 0 spiro atoms. The molecule has 3 N–H and O–H groups in total. The molecule has 1 fully saturated rings. The second kappa shape index (κ2) is 3.30. The van der Waals surface area contributed by atoms with Gasteiger partial charge in [-0.25, -0.2) is 0 Å². The minimum absolute atomic E-state index is 0.207. The van der Waals surface area contributed by atoms with Crippen molar-refractivity contribution in [2.75, 3.05) is 19.6 Å². The second-order valence-corrected chi connectivity index (χ2v) is 2.89. The Morgan fingerprint density at radius 3 is 2.70 bits per heavy atom. The Hall–Kier alpha value is -0.160. The van der Waals surface area contributed by atoms with Crippen molar-refractivity contribution in [1.82, 2.24) is 10.4 Å². The predicted octanol–water partition coefficient (Wildman–Crippen LogP) is -0.970. The van der Waals surface area contributed by atoms with E-state index < -0.39 is 0 Å². The zero-order valence-corrected chi connectivity index (χ0v) is 6.12. The third kappa shape index (κ3) is 1.91. The minimum atomic E-state index is -0.264. The first-order valence-corrected chi connectivity index (χ1v) is 3.52. The molecule has 1 rings (SSSR count). The zero-order valence-electron chi connectivity index (χ0n) is 6.12. The van der Waals surface area contributed by atoms with Gasteiger partial charge < -0.3 is 10.3 Å². The number of aliphatic hydroxyl groups is 1. The van der Waals surface area contributed by atoms with E-state index in [-0.39, 0.29) is 12.1 Å². The van der Waals surface area contributed by atoms with Crippen LogP contribution < -0.4 is 5.48 Å². The van der Waals surface area contributed by atoms with Gasteiger partial charge in [0.1, 0.15) is 0 Å². The maximum Gasteiger partial charge on any atom is 0.0639 e. The lowest BCUT2D eigenvalue weighted by Gasteiger charge is -2.38. The van der Waals surface area contributed by atoms with Gasteiger partial charge in [-0.15, -0.1) is 0 Å². The normalized spacial score (nSPS) is 24.3. The van der Waals surface area contributed by atoms with Gasteiger partial charge in [0.15, 0.2) is 0 Å². The Labute approximate surface area is 60.4 Å². The summed E-state index contributed by atoms with van der Waals surface area (Å²) in [6.07, 6.45) is -0.264. The standard InChI is InChI=1S/C6H14N2O2/c1-5(9)2-8-3-6(4-8)7-10/h5-7,9-10H,2-4H2,1H3. The van der Waals surface area contributed by atoms with E-state index in [1.54, 1.807) is 6.92 Å². The molecule has 0 aromatic carbocycles. The van der Waals surface area contributed by atoms with Crippen LogP contribution in [0, 0.1) is 0 Å². The van der Waals surface area contributed by atoms with Crippen molar-refractivity contribution in [2.24, 2.45) is 0 Å². The van der Waals surface area contributed by atoms with Crippen LogP contribution in [0.15, 0.2) is 0 Å². The van der Waals surface area contributed by atoms with E-state index in [4.69, 9.17) is 10.3 Å². The van der Waals surface area contributed by atoms with E-state index in [0.717, 1.165) is 13.1 Å². The van der Waals surface area contributed by atoms with Crippen molar-refractivity contribution in [3.8, 4) is 0 Å². The molecular weight excluding hydrogens is 132 g/mol. The van der Waals surface area contributed by atoms with Crippen LogP contribution in [0.4, 0.5) is 0 Å². The van der Waals surface area contributed by atoms with Gasteiger partial charge in [0.25, 0.3) is 0 Å². The van der Waals surface area contributed by atoms with Gasteiger partial charge >= 0.3 is 0 Å². The molecule has 1 unspecified atom stereocenters. The SMILES string of the molecule is CC(O)CN1CC(NO)C1. The smallest absolute Gasteiger partial charge is 0.0639 e. The molecule has 10 heavy (non-hydrogen) atoms. The summed E-state index contributed by atoms with van der Waals surface area (Å²) in [6, 6.07) is 0.207. The van der Waals surface area contributed by atoms with E-state index in [1.165, 1.54) is 0 Å². The van der Waals surface area contributed by atoms with Crippen LogP contribution in [0.2, 0.25) is 0 Å². The highest BCUT2D eigenvalue weighted by Gasteiger charge is 2.26. The number of β-amino-alcohol motifs (C(OH)–C–C–N with tert-alkyl or cyclic N) is 1. The number of hydrogen-bond donors (Lipinski definition) is 3. The van der Waals surface area contributed by atoms with E-state index >= 15 is 0 Å². The monoisotopic (exact) mass is 146 g/mol. The number of hydrogen-bond acceptors (Lipinski definition) is 4. The summed E-state index contributed by atoms with van der Waals surface area (Å²) in [5, 5.41) is 17.3. The molecule has 1 saturated heterocycles. The van der Waals surface area contributed by atoms with Crippen LogP contribution in [0.3, 0.4) is 0 Å². The molecule has 4 nitrogen and oxygen atoms in total. The molecule has 0 saturated carbocycles. The van der Waals surface area contributed by atoms with Crippen LogP contribution in [0.1, 0.15) is 6.92 Å². The van der Waals surface area contributed by atoms with E-state index in [9.17, 15) is 0 Å². The lowest BCUT2D eigenvalue weighted by molar-refractivity contribution is 0.00619. The third-order valence-corrected chi connectivity index (χ3v) is 1.66. The third-order valence-electron chi connectivity index (χ3n) is 1.66. The topological polar surface area (TPSA) is 55.7 Å². The summed E-state index contributed by atoms with van der Waals surface area (Å²) in [7, 11) is 0. The molecule has 60 valence electrons. The number of likely N-dealkylation sites (tertiary alicyclic amines) is 1. The number of nitrogens with one attached hydrogen (secondary N) is 1. The fraction of sp³-hybridized carbons (Fsp3) is 1.00. The fourth-order valence-corrected chi connectivity index (χ4v) is 1.17. The Morgan fingerprint density at radius 2 is 2.30 bits per heavy atom. The summed E-state index contributed by atoms with van der Waals surface area (Å²) in [5.74, 6) is 0. The van der Waals surface area contributed by atoms with E-state index in [1.807, 2.05) is 0 Å². The molecule has 4 heteroatoms. The highest BCUT2D eigenvalue weighted by molar-refractivity contribution is 4.83. The van der Waals surface area contributed by atoms with Gasteiger partial charge in [0, 0.05) is 19.6 Å². The maximum absolute atomic E-state index is 8.92. The molecule has 0 aromatic rings. The first kappa shape index (κ1) is 7.94. The number of nitrogens with zero attached hydrogens (tertiary/aromatic N) is 1. The van der Waals surface area contributed by atoms with E-state index in [0.29, 0.717) is 6.54 Å². The molecule has 0 aromatic heterocycles. The number of aliphatic hydroxyl groups excluding tert-OH is 1. The lowest BCUT2D eigenvalue weighted by atomic mass is 10.1. The zero-order chi connectivity index (χ0) is 7.56. The highest BCUT2D eigenvalue weighted by Crippen LogP contribution is 2.06. The first-order chi connectivity index (χ1) is 4.72. The predicted molar refractivity (Wildman–Crippen MR) is 36.8 cm³/mol. The molecule has 1 aliphatic rings. The Balaban J connectivity index is 2.03. The van der Waals surface area contributed by atoms with Crippen LogP contribution in [0.25, 0.3) is 0 Å². The fourth-order valence-electron chi connectivity index (χ4n) is 1.17. The second-order valence-electron chi connectivity index (χ2n) is 2.89. The summed E-state index contributed by atoms with van der Waals surface area (Å²) >= 11 is 0. The van der Waals surface area contributed by atoms with Gasteiger partial charge in [0.05, 0.1) is 12.1 Å². The van der Waals surface area contributed by atoms with Crippen molar-refractivity contribution in [2.45, 2.75) is 19.1 Å². The van der Waals surface area contributed by atoms with Crippen molar-refractivity contribution in [3.05, 3.63) is 0 Å². The van der Waals surface area contributed by atoms with Gasteiger partial charge in [-0.05, 0) is 6.92 Å². The highest BCUT2D eigenvalue weighted by atomic mass is 16.5. The lowest BCUT2D eigenvalue weighted by Crippen LogP contribution is -2.58. The van der Waals surface area contributed by atoms with Crippen molar-refractivity contribution in [1.29, 1.82) is 0 Å².